The molecule has 3 aliphatic rings. The van der Waals surface area contributed by atoms with Crippen molar-refractivity contribution in [3.05, 3.63) is 59.7 Å². The van der Waals surface area contributed by atoms with E-state index in [0.29, 0.717) is 5.92 Å². The van der Waals surface area contributed by atoms with Gasteiger partial charge in [-0.1, -0.05) is 24.3 Å². The summed E-state index contributed by atoms with van der Waals surface area (Å²) in [5.74, 6) is 0.808. The lowest BCUT2D eigenvalue weighted by Crippen LogP contribution is -2.55. The summed E-state index contributed by atoms with van der Waals surface area (Å²) in [6.07, 6.45) is 2.39. The summed E-state index contributed by atoms with van der Waals surface area (Å²) in [5, 5.41) is 12.3. The lowest BCUT2D eigenvalue weighted by Gasteiger charge is -2.51. The Labute approximate surface area is 169 Å². The summed E-state index contributed by atoms with van der Waals surface area (Å²) in [5.41, 5.74) is 3.37. The highest BCUT2D eigenvalue weighted by Gasteiger charge is 2.48. The van der Waals surface area contributed by atoms with Crippen LogP contribution in [-0.4, -0.2) is 57.8 Å². The number of rotatable bonds is 5. The minimum absolute atomic E-state index is 0.227. The van der Waals surface area contributed by atoms with Gasteiger partial charge < -0.3 is 19.8 Å². The zero-order valence-corrected chi connectivity index (χ0v) is 17.6. The number of fused-ring (bicyclic) bond motifs is 3. The molecule has 1 N–H and O–H groups in total. The van der Waals surface area contributed by atoms with Crippen LogP contribution in [0.15, 0.2) is 48.5 Å². The van der Waals surface area contributed by atoms with Crippen molar-refractivity contribution >= 4 is 11.4 Å². The first-order chi connectivity index (χ1) is 13.4. The number of hydrogen-bond acceptors (Lipinski definition) is 4. The van der Waals surface area contributed by atoms with E-state index in [1.165, 1.54) is 25.9 Å². The summed E-state index contributed by atoms with van der Waals surface area (Å²) in [4.78, 5) is 6.73. The standard InChI is InChI=1S/C24H33N3O/c1-25(2)21-9-5-19(6-10-21)24(28,20-7-11-22(12-8-20)26(3)4)23-17-27-15-13-18(23)14-16-27/h5-12,18,23,28H,13-17H2,1-4H3/t23-/m1/s1. The van der Waals surface area contributed by atoms with Gasteiger partial charge in [-0.25, -0.2) is 0 Å². The van der Waals surface area contributed by atoms with Gasteiger partial charge in [0, 0.05) is 52.0 Å². The predicted molar refractivity (Wildman–Crippen MR) is 117 cm³/mol. The first-order valence-corrected chi connectivity index (χ1v) is 10.4. The highest BCUT2D eigenvalue weighted by Crippen LogP contribution is 2.47. The van der Waals surface area contributed by atoms with E-state index in [0.717, 1.165) is 29.0 Å². The quantitative estimate of drug-likeness (QED) is 0.862. The molecular weight excluding hydrogens is 346 g/mol. The van der Waals surface area contributed by atoms with Crippen LogP contribution in [0.4, 0.5) is 11.4 Å². The average Bonchev–Trinajstić information content (AvgIpc) is 2.74. The second-order valence-electron chi connectivity index (χ2n) is 8.89. The molecule has 150 valence electrons. The first kappa shape index (κ1) is 19.3. The van der Waals surface area contributed by atoms with Crippen LogP contribution in [0.25, 0.3) is 0 Å². The highest BCUT2D eigenvalue weighted by molar-refractivity contribution is 5.52. The Morgan fingerprint density at radius 1 is 0.786 bits per heavy atom. The second-order valence-corrected chi connectivity index (χ2v) is 8.89. The molecule has 4 heteroatoms. The zero-order chi connectivity index (χ0) is 19.9. The van der Waals surface area contributed by atoms with Crippen molar-refractivity contribution in [2.45, 2.75) is 18.4 Å². The molecule has 0 amide bonds. The molecule has 4 nitrogen and oxygen atoms in total. The molecular formula is C24H33N3O. The van der Waals surface area contributed by atoms with Crippen molar-refractivity contribution in [2.75, 3.05) is 57.6 Å². The molecule has 5 rings (SSSR count). The van der Waals surface area contributed by atoms with E-state index >= 15 is 0 Å². The summed E-state index contributed by atoms with van der Waals surface area (Å²) >= 11 is 0. The predicted octanol–water partition coefficient (Wildman–Crippen LogP) is 3.40. The molecule has 3 fully saturated rings. The van der Waals surface area contributed by atoms with Crippen molar-refractivity contribution < 1.29 is 5.11 Å². The second kappa shape index (κ2) is 7.41. The van der Waals surface area contributed by atoms with Crippen molar-refractivity contribution in [3.63, 3.8) is 0 Å². The van der Waals surface area contributed by atoms with Gasteiger partial charge in [0.15, 0.2) is 0 Å². The fourth-order valence-electron chi connectivity index (χ4n) is 5.06. The van der Waals surface area contributed by atoms with Crippen LogP contribution in [0.3, 0.4) is 0 Å². The molecule has 28 heavy (non-hydrogen) atoms. The summed E-state index contributed by atoms with van der Waals surface area (Å²) in [6.45, 7) is 3.33. The molecule has 0 saturated carbocycles. The lowest BCUT2D eigenvalue weighted by molar-refractivity contribution is -0.0764. The summed E-state index contributed by atoms with van der Waals surface area (Å²) in [7, 11) is 8.20. The molecule has 3 aliphatic heterocycles. The van der Waals surface area contributed by atoms with E-state index in [1.807, 2.05) is 0 Å². The van der Waals surface area contributed by atoms with Crippen LogP contribution in [0.2, 0.25) is 0 Å². The van der Waals surface area contributed by atoms with Crippen molar-refractivity contribution in [1.82, 2.24) is 4.90 Å². The van der Waals surface area contributed by atoms with Crippen LogP contribution in [0, 0.1) is 11.8 Å². The molecule has 0 aromatic heterocycles. The van der Waals surface area contributed by atoms with E-state index in [9.17, 15) is 5.11 Å². The minimum atomic E-state index is -0.959. The van der Waals surface area contributed by atoms with Crippen LogP contribution in [0.5, 0.6) is 0 Å². The van der Waals surface area contributed by atoms with Gasteiger partial charge in [0.2, 0.25) is 0 Å². The Morgan fingerprint density at radius 2 is 1.21 bits per heavy atom. The molecule has 3 saturated heterocycles. The smallest absolute Gasteiger partial charge is 0.119 e. The Bertz CT molecular complexity index is 738. The maximum atomic E-state index is 12.3. The number of aliphatic hydroxyl groups is 1. The first-order valence-electron chi connectivity index (χ1n) is 10.4. The van der Waals surface area contributed by atoms with Gasteiger partial charge in [0.05, 0.1) is 0 Å². The summed E-state index contributed by atoms with van der Waals surface area (Å²) < 4.78 is 0. The molecule has 2 bridgehead atoms. The zero-order valence-electron chi connectivity index (χ0n) is 17.6. The van der Waals surface area contributed by atoms with Gasteiger partial charge in [-0.15, -0.1) is 0 Å². The normalized spacial score (nSPS) is 24.2. The van der Waals surface area contributed by atoms with Crippen molar-refractivity contribution in [3.8, 4) is 0 Å². The van der Waals surface area contributed by atoms with Gasteiger partial charge in [0.25, 0.3) is 0 Å². The number of piperidine rings is 3. The van der Waals surface area contributed by atoms with Gasteiger partial charge in [-0.3, -0.25) is 0 Å². The number of anilines is 2. The number of nitrogens with zero attached hydrogens (tertiary/aromatic N) is 3. The fraction of sp³-hybridized carbons (Fsp3) is 0.500. The van der Waals surface area contributed by atoms with Crippen LogP contribution in [-0.2, 0) is 5.60 Å². The third-order valence-corrected chi connectivity index (χ3v) is 6.84. The average molecular weight is 380 g/mol. The van der Waals surface area contributed by atoms with E-state index in [-0.39, 0.29) is 5.92 Å². The van der Waals surface area contributed by atoms with Gasteiger partial charge >= 0.3 is 0 Å². The van der Waals surface area contributed by atoms with Crippen LogP contribution in [0.1, 0.15) is 24.0 Å². The molecule has 1 atom stereocenters. The molecule has 0 radical (unpaired) electrons. The topological polar surface area (TPSA) is 30.0 Å². The fourth-order valence-corrected chi connectivity index (χ4v) is 5.06. The molecule has 0 aliphatic carbocycles. The van der Waals surface area contributed by atoms with Gasteiger partial charge in [0.1, 0.15) is 5.60 Å². The van der Waals surface area contributed by atoms with E-state index in [2.05, 4.69) is 91.4 Å². The largest absolute Gasteiger partial charge is 0.380 e. The van der Waals surface area contributed by atoms with Crippen molar-refractivity contribution in [2.24, 2.45) is 11.8 Å². The molecule has 3 heterocycles. The minimum Gasteiger partial charge on any atom is -0.380 e. The maximum Gasteiger partial charge on any atom is 0.119 e. The van der Waals surface area contributed by atoms with Crippen LogP contribution < -0.4 is 9.80 Å². The third-order valence-electron chi connectivity index (χ3n) is 6.84. The third kappa shape index (κ3) is 3.29. The Balaban J connectivity index is 1.78. The van der Waals surface area contributed by atoms with Crippen LogP contribution >= 0.6 is 0 Å². The SMILES string of the molecule is CN(C)c1ccc(C(O)(c2ccc(N(C)C)cc2)[C@@H]2CN3CCC2CC3)cc1. The monoisotopic (exact) mass is 379 g/mol. The van der Waals surface area contributed by atoms with Crippen molar-refractivity contribution in [1.29, 1.82) is 0 Å². The molecule has 0 unspecified atom stereocenters. The van der Waals surface area contributed by atoms with Gasteiger partial charge in [-0.2, -0.15) is 0 Å². The molecule has 2 aromatic rings. The number of hydrogen-bond donors (Lipinski definition) is 1. The Morgan fingerprint density at radius 3 is 1.54 bits per heavy atom. The lowest BCUT2D eigenvalue weighted by atomic mass is 9.65. The number of benzene rings is 2. The summed E-state index contributed by atoms with van der Waals surface area (Å²) in [6, 6.07) is 17.0. The maximum absolute atomic E-state index is 12.3. The van der Waals surface area contributed by atoms with Gasteiger partial charge in [-0.05, 0) is 67.2 Å². The van der Waals surface area contributed by atoms with E-state index in [1.54, 1.807) is 0 Å². The molecule has 2 aromatic carbocycles. The van der Waals surface area contributed by atoms with E-state index in [4.69, 9.17) is 0 Å². The Kier molecular flexibility index (Phi) is 5.11. The molecule has 0 spiro atoms. The Hall–Kier alpha value is -2.04. The van der Waals surface area contributed by atoms with E-state index < -0.39 is 5.60 Å². The highest BCUT2D eigenvalue weighted by atomic mass is 16.3.